The van der Waals surface area contributed by atoms with Crippen LogP contribution in [-0.4, -0.2) is 37.0 Å². The molecule has 0 unspecified atom stereocenters. The summed E-state index contributed by atoms with van der Waals surface area (Å²) < 4.78 is 5.50. The van der Waals surface area contributed by atoms with E-state index in [4.69, 9.17) is 21.7 Å². The number of anilines is 1. The first kappa shape index (κ1) is 19.8. The summed E-state index contributed by atoms with van der Waals surface area (Å²) in [5.41, 5.74) is 2.83. The van der Waals surface area contributed by atoms with Gasteiger partial charge in [-0.2, -0.15) is 0 Å². The maximum atomic E-state index is 7.92. The highest BCUT2D eigenvalue weighted by Crippen LogP contribution is 2.21. The van der Waals surface area contributed by atoms with Crippen molar-refractivity contribution in [2.75, 3.05) is 31.6 Å². The van der Waals surface area contributed by atoms with Crippen molar-refractivity contribution in [1.82, 2.24) is 4.90 Å². The van der Waals surface area contributed by atoms with Crippen LogP contribution in [0.1, 0.15) is 44.6 Å². The van der Waals surface area contributed by atoms with E-state index >= 15 is 0 Å². The van der Waals surface area contributed by atoms with E-state index in [1.54, 1.807) is 6.08 Å². The van der Waals surface area contributed by atoms with Gasteiger partial charge in [-0.15, -0.1) is 0 Å². The molecule has 2 rings (SSSR count). The average molecular weight is 364 g/mol. The van der Waals surface area contributed by atoms with Gasteiger partial charge < -0.3 is 15.0 Å². The molecule has 1 aliphatic heterocycles. The molecule has 4 nitrogen and oxygen atoms in total. The number of piperidine rings is 1. The van der Waals surface area contributed by atoms with Crippen LogP contribution >= 0.6 is 11.6 Å². The highest BCUT2D eigenvalue weighted by molar-refractivity contribution is 6.31. The van der Waals surface area contributed by atoms with E-state index in [9.17, 15) is 0 Å². The van der Waals surface area contributed by atoms with Crippen LogP contribution in [0.3, 0.4) is 0 Å². The van der Waals surface area contributed by atoms with Crippen molar-refractivity contribution in [2.45, 2.75) is 46.0 Å². The number of ether oxygens (including phenoxy) is 1. The fourth-order valence-corrected chi connectivity index (χ4v) is 3.16. The fourth-order valence-electron chi connectivity index (χ4n) is 2.98. The highest BCUT2D eigenvalue weighted by atomic mass is 35.5. The summed E-state index contributed by atoms with van der Waals surface area (Å²) in [6.45, 7) is 8.14. The lowest BCUT2D eigenvalue weighted by molar-refractivity contribution is 0.214. The van der Waals surface area contributed by atoms with Gasteiger partial charge in [0.15, 0.2) is 0 Å². The fraction of sp³-hybridized carbons (Fsp3) is 0.550. The Kier molecular flexibility index (Phi) is 8.29. The molecule has 1 fully saturated rings. The Balaban J connectivity index is 1.64. The molecule has 1 saturated heterocycles. The van der Waals surface area contributed by atoms with E-state index in [0.29, 0.717) is 6.61 Å². The second-order valence-corrected chi connectivity index (χ2v) is 7.15. The van der Waals surface area contributed by atoms with E-state index < -0.39 is 0 Å². The van der Waals surface area contributed by atoms with E-state index in [2.05, 4.69) is 10.2 Å². The number of unbranched alkanes of at least 4 members (excludes halogenated alkanes) is 1. The Labute approximate surface area is 156 Å². The molecular weight excluding hydrogens is 334 g/mol. The highest BCUT2D eigenvalue weighted by Gasteiger charge is 2.08. The molecule has 1 aromatic carbocycles. The van der Waals surface area contributed by atoms with Gasteiger partial charge in [-0.1, -0.05) is 24.1 Å². The summed E-state index contributed by atoms with van der Waals surface area (Å²) in [6.07, 6.45) is 7.89. The number of halogens is 1. The van der Waals surface area contributed by atoms with Gasteiger partial charge in [0, 0.05) is 22.5 Å². The first-order chi connectivity index (χ1) is 12.0. The number of allylic oxidation sites excluding steroid dienone is 1. The number of likely N-dealkylation sites (tertiary alicyclic amines) is 1. The maximum absolute atomic E-state index is 7.92. The average Bonchev–Trinajstić information content (AvgIpc) is 2.58. The standard InChI is InChI=1S/C20H30ClN3O/c1-16-8-9-18(15-19(16)21)23-17(2)14-20(22)25-13-7-6-12-24-10-4-3-5-11-24/h8-9,14-15,22-23H,3-7,10-13H2,1-2H3/b17-14-,22-20?. The maximum Gasteiger partial charge on any atom is 0.207 e. The van der Waals surface area contributed by atoms with Crippen molar-refractivity contribution in [3.05, 3.63) is 40.6 Å². The Morgan fingerprint density at radius 2 is 2.04 bits per heavy atom. The van der Waals surface area contributed by atoms with Crippen molar-refractivity contribution in [1.29, 1.82) is 5.41 Å². The van der Waals surface area contributed by atoms with Gasteiger partial charge in [-0.25, -0.2) is 0 Å². The number of benzene rings is 1. The first-order valence-electron chi connectivity index (χ1n) is 9.20. The van der Waals surface area contributed by atoms with E-state index in [1.165, 1.54) is 32.4 Å². The van der Waals surface area contributed by atoms with Crippen molar-refractivity contribution in [2.24, 2.45) is 0 Å². The van der Waals surface area contributed by atoms with Crippen molar-refractivity contribution < 1.29 is 4.74 Å². The molecule has 0 radical (unpaired) electrons. The minimum Gasteiger partial charge on any atom is -0.478 e. The summed E-state index contributed by atoms with van der Waals surface area (Å²) in [5.74, 6) is 0.196. The number of hydrogen-bond acceptors (Lipinski definition) is 4. The summed E-state index contributed by atoms with van der Waals surface area (Å²) in [4.78, 5) is 2.54. The summed E-state index contributed by atoms with van der Waals surface area (Å²) in [5, 5.41) is 11.9. The molecule has 25 heavy (non-hydrogen) atoms. The Morgan fingerprint density at radius 1 is 1.28 bits per heavy atom. The summed E-state index contributed by atoms with van der Waals surface area (Å²) >= 11 is 6.13. The second kappa shape index (κ2) is 10.5. The zero-order chi connectivity index (χ0) is 18.1. The molecule has 0 aliphatic carbocycles. The lowest BCUT2D eigenvalue weighted by Crippen LogP contribution is -2.30. The molecule has 0 saturated carbocycles. The normalized spacial score (nSPS) is 15.9. The molecule has 1 aliphatic rings. The van der Waals surface area contributed by atoms with Crippen LogP contribution in [0.5, 0.6) is 0 Å². The van der Waals surface area contributed by atoms with Crippen LogP contribution in [-0.2, 0) is 4.74 Å². The number of hydrogen-bond donors (Lipinski definition) is 2. The topological polar surface area (TPSA) is 48.4 Å². The van der Waals surface area contributed by atoms with Gasteiger partial charge in [0.1, 0.15) is 0 Å². The molecule has 0 amide bonds. The summed E-state index contributed by atoms with van der Waals surface area (Å²) in [7, 11) is 0. The van der Waals surface area contributed by atoms with Crippen LogP contribution in [0.4, 0.5) is 5.69 Å². The van der Waals surface area contributed by atoms with Crippen LogP contribution in [0.15, 0.2) is 30.0 Å². The molecular formula is C20H30ClN3O. The van der Waals surface area contributed by atoms with Gasteiger partial charge in [0.05, 0.1) is 6.61 Å². The van der Waals surface area contributed by atoms with E-state index in [1.807, 2.05) is 32.0 Å². The lowest BCUT2D eigenvalue weighted by atomic mass is 10.1. The Bertz CT molecular complexity index is 595. The quantitative estimate of drug-likeness (QED) is 0.378. The predicted octanol–water partition coefficient (Wildman–Crippen LogP) is 5.22. The molecule has 0 atom stereocenters. The first-order valence-corrected chi connectivity index (χ1v) is 9.57. The third-order valence-corrected chi connectivity index (χ3v) is 4.84. The van der Waals surface area contributed by atoms with Crippen LogP contribution in [0.25, 0.3) is 0 Å². The monoisotopic (exact) mass is 363 g/mol. The van der Waals surface area contributed by atoms with E-state index in [-0.39, 0.29) is 5.90 Å². The molecule has 1 aromatic rings. The van der Waals surface area contributed by atoms with Crippen molar-refractivity contribution in [3.63, 3.8) is 0 Å². The third-order valence-electron chi connectivity index (χ3n) is 4.44. The van der Waals surface area contributed by atoms with Crippen LogP contribution in [0, 0.1) is 12.3 Å². The minimum absolute atomic E-state index is 0.196. The van der Waals surface area contributed by atoms with Gasteiger partial charge in [0.25, 0.3) is 0 Å². The Morgan fingerprint density at radius 3 is 2.76 bits per heavy atom. The molecule has 5 heteroatoms. The molecule has 0 bridgehead atoms. The molecule has 0 aromatic heterocycles. The molecule has 0 spiro atoms. The van der Waals surface area contributed by atoms with Gasteiger partial charge in [0.2, 0.25) is 5.90 Å². The third kappa shape index (κ3) is 7.49. The zero-order valence-corrected chi connectivity index (χ0v) is 16.2. The number of aryl methyl sites for hydroxylation is 1. The second-order valence-electron chi connectivity index (χ2n) is 6.74. The smallest absolute Gasteiger partial charge is 0.207 e. The minimum atomic E-state index is 0.196. The number of nitrogens with zero attached hydrogens (tertiary/aromatic N) is 1. The van der Waals surface area contributed by atoms with E-state index in [0.717, 1.165) is 41.4 Å². The van der Waals surface area contributed by atoms with Crippen LogP contribution < -0.4 is 5.32 Å². The van der Waals surface area contributed by atoms with Crippen molar-refractivity contribution in [3.8, 4) is 0 Å². The summed E-state index contributed by atoms with van der Waals surface area (Å²) in [6, 6.07) is 5.84. The predicted molar refractivity (Wildman–Crippen MR) is 107 cm³/mol. The molecule has 2 N–H and O–H groups in total. The van der Waals surface area contributed by atoms with Crippen LogP contribution in [0.2, 0.25) is 5.02 Å². The Hall–Kier alpha value is -1.52. The van der Waals surface area contributed by atoms with Gasteiger partial charge >= 0.3 is 0 Å². The molecule has 138 valence electrons. The molecule has 1 heterocycles. The zero-order valence-electron chi connectivity index (χ0n) is 15.4. The van der Waals surface area contributed by atoms with Gasteiger partial charge in [-0.3, -0.25) is 5.41 Å². The SMILES string of the molecule is C/C(=C/C(=N)OCCCCN1CCCCC1)Nc1ccc(C)c(Cl)c1. The lowest BCUT2D eigenvalue weighted by Gasteiger charge is -2.26. The van der Waals surface area contributed by atoms with Gasteiger partial charge in [-0.05, 0) is 76.9 Å². The largest absolute Gasteiger partial charge is 0.478 e. The number of nitrogens with one attached hydrogen (secondary N) is 2. The number of rotatable bonds is 8. The van der Waals surface area contributed by atoms with Crippen molar-refractivity contribution >= 4 is 23.2 Å².